The lowest BCUT2D eigenvalue weighted by atomic mass is 10.1. The van der Waals surface area contributed by atoms with Gasteiger partial charge in [0, 0.05) is 25.8 Å². The van der Waals surface area contributed by atoms with Gasteiger partial charge in [0.2, 0.25) is 0 Å². The van der Waals surface area contributed by atoms with Gasteiger partial charge < -0.3 is 9.47 Å². The summed E-state index contributed by atoms with van der Waals surface area (Å²) in [5.41, 5.74) is 4.44. The van der Waals surface area contributed by atoms with Crippen LogP contribution < -0.4 is 4.57 Å². The molecule has 18 heavy (non-hydrogen) atoms. The Hall–Kier alpha value is -1.71. The molecule has 0 unspecified atom stereocenters. The van der Waals surface area contributed by atoms with Gasteiger partial charge in [-0.3, -0.25) is 0 Å². The Bertz CT molecular complexity index is 603. The third kappa shape index (κ3) is 1.23. The number of aryl methyl sites for hydroxylation is 1. The molecule has 2 aromatic rings. The molecule has 0 N–H and O–H groups in total. The van der Waals surface area contributed by atoms with E-state index in [0.29, 0.717) is 0 Å². The van der Waals surface area contributed by atoms with Crippen LogP contribution in [0.5, 0.6) is 0 Å². The Morgan fingerprint density at radius 3 is 2.33 bits per heavy atom. The molecular formula is C15H16NO2+. The Morgan fingerprint density at radius 2 is 1.61 bits per heavy atom. The molecule has 3 nitrogen and oxygen atoms in total. The van der Waals surface area contributed by atoms with Gasteiger partial charge >= 0.3 is 0 Å². The average molecular weight is 242 g/mol. The van der Waals surface area contributed by atoms with Gasteiger partial charge in [-0.15, -0.1) is 0 Å². The van der Waals surface area contributed by atoms with Crippen molar-refractivity contribution in [3.63, 3.8) is 0 Å². The van der Waals surface area contributed by atoms with Crippen LogP contribution >= 0.6 is 0 Å². The summed E-state index contributed by atoms with van der Waals surface area (Å²) in [6, 6.07) is 12.4. The highest BCUT2D eigenvalue weighted by Crippen LogP contribution is 2.47. The first-order chi connectivity index (χ1) is 8.74. The molecule has 1 aromatic heterocycles. The SMILES string of the molecule is COC1(OC)c2ccccc2-c2ccc[n+](C)c21. The topological polar surface area (TPSA) is 22.3 Å². The number of benzene rings is 1. The molecule has 0 fully saturated rings. The van der Waals surface area contributed by atoms with Gasteiger partial charge in [0.05, 0.1) is 5.56 Å². The van der Waals surface area contributed by atoms with Crippen LogP contribution in [-0.2, 0) is 22.3 Å². The predicted molar refractivity (Wildman–Crippen MR) is 67.9 cm³/mol. The van der Waals surface area contributed by atoms with Crippen LogP contribution in [-0.4, -0.2) is 14.2 Å². The van der Waals surface area contributed by atoms with Gasteiger partial charge in [-0.2, -0.15) is 4.57 Å². The van der Waals surface area contributed by atoms with Crippen molar-refractivity contribution in [3.05, 3.63) is 53.9 Å². The van der Waals surface area contributed by atoms with Gasteiger partial charge in [0.25, 0.3) is 11.5 Å². The fourth-order valence-corrected chi connectivity index (χ4v) is 2.87. The van der Waals surface area contributed by atoms with E-state index in [1.807, 2.05) is 31.4 Å². The minimum atomic E-state index is -0.804. The zero-order valence-electron chi connectivity index (χ0n) is 10.8. The largest absolute Gasteiger partial charge is 0.341 e. The number of rotatable bonds is 2. The van der Waals surface area contributed by atoms with E-state index < -0.39 is 5.79 Å². The summed E-state index contributed by atoms with van der Waals surface area (Å²) in [4.78, 5) is 0. The smallest absolute Gasteiger partial charge is 0.284 e. The number of hydrogen-bond acceptors (Lipinski definition) is 2. The average Bonchev–Trinajstić information content (AvgIpc) is 2.71. The zero-order valence-corrected chi connectivity index (χ0v) is 10.8. The first kappa shape index (κ1) is 11.4. The van der Waals surface area contributed by atoms with E-state index >= 15 is 0 Å². The third-order valence-corrected chi connectivity index (χ3v) is 3.64. The summed E-state index contributed by atoms with van der Waals surface area (Å²) in [5, 5.41) is 0. The normalized spacial score (nSPS) is 15.3. The lowest BCUT2D eigenvalue weighted by molar-refractivity contribution is -0.689. The molecule has 0 radical (unpaired) electrons. The molecule has 0 aliphatic heterocycles. The van der Waals surface area contributed by atoms with Crippen molar-refractivity contribution in [2.45, 2.75) is 5.79 Å². The van der Waals surface area contributed by atoms with Crippen LogP contribution in [0.3, 0.4) is 0 Å². The van der Waals surface area contributed by atoms with Crippen molar-refractivity contribution in [2.75, 3.05) is 14.2 Å². The summed E-state index contributed by atoms with van der Waals surface area (Å²) in [5.74, 6) is -0.804. The molecule has 0 spiro atoms. The number of aromatic nitrogens is 1. The molecule has 1 aliphatic rings. The lowest BCUT2D eigenvalue weighted by Gasteiger charge is -2.25. The summed E-state index contributed by atoms with van der Waals surface area (Å²) in [6.45, 7) is 0. The van der Waals surface area contributed by atoms with Crippen molar-refractivity contribution in [1.82, 2.24) is 0 Å². The summed E-state index contributed by atoms with van der Waals surface area (Å²) in [6.07, 6.45) is 2.01. The van der Waals surface area contributed by atoms with Crippen LogP contribution in [0.4, 0.5) is 0 Å². The molecule has 1 heterocycles. The second-order valence-corrected chi connectivity index (χ2v) is 4.45. The van der Waals surface area contributed by atoms with E-state index in [1.54, 1.807) is 14.2 Å². The Kier molecular flexibility index (Phi) is 2.47. The standard InChI is InChI=1S/C15H16NO2/c1-16-10-6-8-12-11-7-4-5-9-13(11)15(17-2,18-3)14(12)16/h4-10H,1-3H3/q+1. The maximum Gasteiger partial charge on any atom is 0.284 e. The fourth-order valence-electron chi connectivity index (χ4n) is 2.87. The molecule has 3 heteroatoms. The molecule has 0 atom stereocenters. The van der Waals surface area contributed by atoms with Crippen LogP contribution in [0, 0.1) is 0 Å². The number of nitrogens with zero attached hydrogens (tertiary/aromatic N) is 1. The van der Waals surface area contributed by atoms with E-state index in [-0.39, 0.29) is 0 Å². The highest BCUT2D eigenvalue weighted by atomic mass is 16.7. The number of methoxy groups -OCH3 is 2. The van der Waals surface area contributed by atoms with E-state index in [4.69, 9.17) is 9.47 Å². The minimum absolute atomic E-state index is 0.804. The number of fused-ring (bicyclic) bond motifs is 3. The van der Waals surface area contributed by atoms with E-state index in [0.717, 1.165) is 11.3 Å². The Morgan fingerprint density at radius 1 is 0.944 bits per heavy atom. The summed E-state index contributed by atoms with van der Waals surface area (Å²) < 4.78 is 13.5. The van der Waals surface area contributed by atoms with E-state index in [1.165, 1.54) is 11.1 Å². The van der Waals surface area contributed by atoms with Crippen LogP contribution in [0.15, 0.2) is 42.6 Å². The minimum Gasteiger partial charge on any atom is -0.341 e. The molecule has 0 bridgehead atoms. The summed E-state index contributed by atoms with van der Waals surface area (Å²) >= 11 is 0. The Balaban J connectivity index is 2.42. The van der Waals surface area contributed by atoms with Gasteiger partial charge in [0.15, 0.2) is 6.20 Å². The third-order valence-electron chi connectivity index (χ3n) is 3.64. The van der Waals surface area contributed by atoms with Crippen molar-refractivity contribution in [1.29, 1.82) is 0 Å². The first-order valence-electron chi connectivity index (χ1n) is 5.94. The van der Waals surface area contributed by atoms with E-state index in [2.05, 4.69) is 22.8 Å². The van der Waals surface area contributed by atoms with Crippen LogP contribution in [0.2, 0.25) is 0 Å². The molecule has 0 amide bonds. The van der Waals surface area contributed by atoms with Crippen LogP contribution in [0.1, 0.15) is 11.3 Å². The molecule has 3 rings (SSSR count). The zero-order chi connectivity index (χ0) is 12.8. The predicted octanol–water partition coefficient (Wildman–Crippen LogP) is 1.99. The Labute approximate surface area is 107 Å². The van der Waals surface area contributed by atoms with Gasteiger partial charge in [-0.05, 0) is 11.6 Å². The summed E-state index contributed by atoms with van der Waals surface area (Å²) in [7, 11) is 5.38. The highest BCUT2D eigenvalue weighted by Gasteiger charge is 2.51. The molecule has 0 saturated heterocycles. The van der Waals surface area contributed by atoms with Crippen molar-refractivity contribution < 1.29 is 14.0 Å². The maximum absolute atomic E-state index is 5.74. The molecule has 1 aliphatic carbocycles. The quantitative estimate of drug-likeness (QED) is 0.593. The number of hydrogen-bond donors (Lipinski definition) is 0. The second kappa shape index (κ2) is 3.90. The van der Waals surface area contributed by atoms with Gasteiger partial charge in [-0.25, -0.2) is 0 Å². The number of ether oxygens (including phenoxy) is 2. The molecule has 92 valence electrons. The van der Waals surface area contributed by atoms with Gasteiger partial charge in [0.1, 0.15) is 7.05 Å². The molecular weight excluding hydrogens is 226 g/mol. The van der Waals surface area contributed by atoms with Crippen molar-refractivity contribution in [3.8, 4) is 11.1 Å². The van der Waals surface area contributed by atoms with Crippen molar-refractivity contribution in [2.24, 2.45) is 7.05 Å². The lowest BCUT2D eigenvalue weighted by Crippen LogP contribution is -2.44. The van der Waals surface area contributed by atoms with E-state index in [9.17, 15) is 0 Å². The fraction of sp³-hybridized carbons (Fsp3) is 0.267. The molecule has 1 aromatic carbocycles. The van der Waals surface area contributed by atoms with Crippen molar-refractivity contribution >= 4 is 0 Å². The van der Waals surface area contributed by atoms with Crippen LogP contribution in [0.25, 0.3) is 11.1 Å². The monoisotopic (exact) mass is 242 g/mol. The highest BCUT2D eigenvalue weighted by molar-refractivity contribution is 5.76. The first-order valence-corrected chi connectivity index (χ1v) is 5.94. The number of pyridine rings is 1. The second-order valence-electron chi connectivity index (χ2n) is 4.45. The molecule has 0 saturated carbocycles. The van der Waals surface area contributed by atoms with Gasteiger partial charge in [-0.1, -0.05) is 24.3 Å². The maximum atomic E-state index is 5.74.